The molecule has 108 valence electrons. The molecule has 0 spiro atoms. The smallest absolute Gasteiger partial charge is 0.310 e. The van der Waals surface area contributed by atoms with Gasteiger partial charge in [0, 0.05) is 16.3 Å². The summed E-state index contributed by atoms with van der Waals surface area (Å²) in [7, 11) is -2.01. The number of thiophene rings is 1. The van der Waals surface area contributed by atoms with Crippen molar-refractivity contribution >= 4 is 27.3 Å². The highest BCUT2D eigenvalue weighted by Crippen LogP contribution is 2.17. The SMILES string of the molecule is COC(=O)Cc1ccc(CNCCCS(N)(=O)=O)s1. The zero-order valence-corrected chi connectivity index (χ0v) is 12.4. The number of methoxy groups -OCH3 is 1. The molecule has 0 atom stereocenters. The van der Waals surface area contributed by atoms with Crippen molar-refractivity contribution in [2.24, 2.45) is 5.14 Å². The lowest BCUT2D eigenvalue weighted by molar-refractivity contribution is -0.139. The second-order valence-electron chi connectivity index (χ2n) is 4.02. The van der Waals surface area contributed by atoms with E-state index in [9.17, 15) is 13.2 Å². The van der Waals surface area contributed by atoms with Crippen LogP contribution in [0.1, 0.15) is 16.2 Å². The molecule has 0 aliphatic carbocycles. The van der Waals surface area contributed by atoms with Crippen LogP contribution in [0.25, 0.3) is 0 Å². The van der Waals surface area contributed by atoms with Crippen molar-refractivity contribution in [2.45, 2.75) is 19.4 Å². The van der Waals surface area contributed by atoms with Crippen LogP contribution >= 0.6 is 11.3 Å². The van der Waals surface area contributed by atoms with Crippen molar-refractivity contribution in [1.82, 2.24) is 5.32 Å². The van der Waals surface area contributed by atoms with Crippen molar-refractivity contribution in [3.05, 3.63) is 21.9 Å². The molecule has 0 saturated carbocycles. The first-order chi connectivity index (χ1) is 8.90. The summed E-state index contributed by atoms with van der Waals surface area (Å²) in [5, 5.41) is 8.02. The largest absolute Gasteiger partial charge is 0.469 e. The number of carbonyl (C=O) groups is 1. The average Bonchev–Trinajstić information content (AvgIpc) is 2.74. The summed E-state index contributed by atoms with van der Waals surface area (Å²) in [5.74, 6) is -0.271. The molecular formula is C11H18N2O4S2. The number of nitrogens with two attached hydrogens (primary N) is 1. The van der Waals surface area contributed by atoms with Crippen molar-refractivity contribution in [2.75, 3.05) is 19.4 Å². The maximum absolute atomic E-state index is 11.1. The van der Waals surface area contributed by atoms with E-state index in [1.54, 1.807) is 0 Å². The molecule has 8 heteroatoms. The van der Waals surface area contributed by atoms with Gasteiger partial charge in [0.2, 0.25) is 10.0 Å². The molecule has 0 aliphatic heterocycles. The van der Waals surface area contributed by atoms with Gasteiger partial charge in [-0.25, -0.2) is 13.6 Å². The maximum atomic E-state index is 11.1. The Labute approximate surface area is 117 Å². The number of sulfonamides is 1. The molecule has 0 radical (unpaired) electrons. The van der Waals surface area contributed by atoms with E-state index in [4.69, 9.17) is 5.14 Å². The first-order valence-corrected chi connectivity index (χ1v) is 8.29. The predicted molar refractivity (Wildman–Crippen MR) is 74.3 cm³/mol. The molecule has 0 amide bonds. The molecule has 0 saturated heterocycles. The first-order valence-electron chi connectivity index (χ1n) is 5.76. The van der Waals surface area contributed by atoms with Crippen molar-refractivity contribution in [3.8, 4) is 0 Å². The average molecular weight is 306 g/mol. The predicted octanol–water partition coefficient (Wildman–Crippen LogP) is 0.232. The minimum atomic E-state index is -3.37. The molecule has 0 bridgehead atoms. The number of nitrogens with one attached hydrogen (secondary N) is 1. The number of primary sulfonamides is 1. The summed E-state index contributed by atoms with van der Waals surface area (Å²) in [6.45, 7) is 1.23. The Balaban J connectivity index is 2.25. The summed E-state index contributed by atoms with van der Waals surface area (Å²) in [4.78, 5) is 13.1. The third-order valence-electron chi connectivity index (χ3n) is 2.35. The van der Waals surface area contributed by atoms with E-state index in [0.717, 1.165) is 9.75 Å². The van der Waals surface area contributed by atoms with E-state index in [1.165, 1.54) is 18.4 Å². The fourth-order valence-corrected chi connectivity index (χ4v) is 2.96. The van der Waals surface area contributed by atoms with Gasteiger partial charge in [-0.1, -0.05) is 0 Å². The second kappa shape index (κ2) is 7.59. The maximum Gasteiger partial charge on any atom is 0.310 e. The summed E-state index contributed by atoms with van der Waals surface area (Å²) in [6, 6.07) is 3.83. The number of ether oxygens (including phenoxy) is 1. The normalized spacial score (nSPS) is 11.5. The van der Waals surface area contributed by atoms with Crippen LogP contribution < -0.4 is 10.5 Å². The molecule has 3 N–H and O–H groups in total. The van der Waals surface area contributed by atoms with Gasteiger partial charge >= 0.3 is 5.97 Å². The number of esters is 1. The minimum Gasteiger partial charge on any atom is -0.469 e. The van der Waals surface area contributed by atoms with Gasteiger partial charge in [0.25, 0.3) is 0 Å². The lowest BCUT2D eigenvalue weighted by Crippen LogP contribution is -2.21. The summed E-state index contributed by atoms with van der Waals surface area (Å²) in [6.07, 6.45) is 0.770. The lowest BCUT2D eigenvalue weighted by atomic mass is 10.3. The topological polar surface area (TPSA) is 98.5 Å². The molecule has 1 aromatic rings. The van der Waals surface area contributed by atoms with E-state index in [2.05, 4.69) is 10.1 Å². The first kappa shape index (κ1) is 16.1. The second-order valence-corrected chi connectivity index (χ2v) is 7.01. The molecule has 1 aromatic heterocycles. The summed E-state index contributed by atoms with van der Waals surface area (Å²) in [5.41, 5.74) is 0. The minimum absolute atomic E-state index is 0.0158. The van der Waals surface area contributed by atoms with Gasteiger partial charge in [-0.2, -0.15) is 0 Å². The molecule has 1 heterocycles. The van der Waals surface area contributed by atoms with Gasteiger partial charge < -0.3 is 10.1 Å². The van der Waals surface area contributed by atoms with E-state index < -0.39 is 10.0 Å². The third kappa shape index (κ3) is 7.26. The van der Waals surface area contributed by atoms with Crippen LogP contribution in [0.2, 0.25) is 0 Å². The number of rotatable bonds is 8. The Hall–Kier alpha value is -0.960. The Morgan fingerprint density at radius 3 is 2.74 bits per heavy atom. The van der Waals surface area contributed by atoms with Crippen molar-refractivity contribution in [3.63, 3.8) is 0 Å². The number of carbonyl (C=O) groups excluding carboxylic acids is 1. The highest BCUT2D eigenvalue weighted by Gasteiger charge is 2.06. The van der Waals surface area contributed by atoms with Crippen molar-refractivity contribution in [1.29, 1.82) is 0 Å². The van der Waals surface area contributed by atoms with Crippen LogP contribution in [0.15, 0.2) is 12.1 Å². The Kier molecular flexibility index (Phi) is 6.43. The van der Waals surface area contributed by atoms with Crippen LogP contribution in [0.4, 0.5) is 0 Å². The molecular weight excluding hydrogens is 288 g/mol. The number of hydrogen-bond donors (Lipinski definition) is 2. The molecule has 0 unspecified atom stereocenters. The van der Waals surface area contributed by atoms with Gasteiger partial charge in [0.05, 0.1) is 19.3 Å². The number of hydrogen-bond acceptors (Lipinski definition) is 6. The Morgan fingerprint density at radius 1 is 1.42 bits per heavy atom. The van der Waals surface area contributed by atoms with E-state index >= 15 is 0 Å². The van der Waals surface area contributed by atoms with Crippen LogP contribution in [0.3, 0.4) is 0 Å². The monoisotopic (exact) mass is 306 g/mol. The van der Waals surface area contributed by atoms with E-state index in [-0.39, 0.29) is 18.1 Å². The van der Waals surface area contributed by atoms with Crippen LogP contribution in [-0.4, -0.2) is 33.8 Å². The lowest BCUT2D eigenvalue weighted by Gasteiger charge is -2.02. The van der Waals surface area contributed by atoms with Crippen LogP contribution in [-0.2, 0) is 32.5 Å². The standard InChI is InChI=1S/C11H18N2O4S2/c1-17-11(14)7-9-3-4-10(18-9)8-13-5-2-6-19(12,15)16/h3-4,13H,2,5-8H2,1H3,(H2,12,15,16). The van der Waals surface area contributed by atoms with Crippen LogP contribution in [0.5, 0.6) is 0 Å². The zero-order valence-electron chi connectivity index (χ0n) is 10.7. The molecule has 6 nitrogen and oxygen atoms in total. The third-order valence-corrected chi connectivity index (χ3v) is 4.29. The van der Waals surface area contributed by atoms with Gasteiger partial charge in [-0.3, -0.25) is 4.79 Å². The Morgan fingerprint density at radius 2 is 2.11 bits per heavy atom. The molecule has 0 aliphatic rings. The van der Waals surface area contributed by atoms with Crippen molar-refractivity contribution < 1.29 is 17.9 Å². The summed E-state index contributed by atoms with van der Waals surface area (Å²) < 4.78 is 26.0. The van der Waals surface area contributed by atoms with E-state index in [1.807, 2.05) is 12.1 Å². The van der Waals surface area contributed by atoms with Gasteiger partial charge in [-0.05, 0) is 25.1 Å². The molecule has 0 fully saturated rings. The van der Waals surface area contributed by atoms with Crippen LogP contribution in [0, 0.1) is 0 Å². The highest BCUT2D eigenvalue weighted by molar-refractivity contribution is 7.89. The molecule has 1 rings (SSSR count). The van der Waals surface area contributed by atoms with Gasteiger partial charge in [0.15, 0.2) is 0 Å². The fourth-order valence-electron chi connectivity index (χ4n) is 1.44. The van der Waals surface area contributed by atoms with E-state index in [0.29, 0.717) is 19.5 Å². The quantitative estimate of drug-likeness (QED) is 0.529. The van der Waals surface area contributed by atoms with Gasteiger partial charge in [0.1, 0.15) is 0 Å². The molecule has 0 aromatic carbocycles. The summed E-state index contributed by atoms with van der Waals surface area (Å²) >= 11 is 1.53. The highest BCUT2D eigenvalue weighted by atomic mass is 32.2. The Bertz CT molecular complexity index is 511. The zero-order chi connectivity index (χ0) is 14.3. The van der Waals surface area contributed by atoms with Gasteiger partial charge in [-0.15, -0.1) is 11.3 Å². The molecule has 19 heavy (non-hydrogen) atoms. The fraction of sp³-hybridized carbons (Fsp3) is 0.545.